The van der Waals surface area contributed by atoms with E-state index in [-0.39, 0.29) is 11.9 Å². The van der Waals surface area contributed by atoms with Crippen molar-refractivity contribution in [2.75, 3.05) is 37.6 Å². The summed E-state index contributed by atoms with van der Waals surface area (Å²) >= 11 is 0. The number of rotatable bonds is 7. The lowest BCUT2D eigenvalue weighted by molar-refractivity contribution is -0.123. The van der Waals surface area contributed by atoms with Gasteiger partial charge in [0.05, 0.1) is 12.6 Å². The smallest absolute Gasteiger partial charge is 0.234 e. The average molecular weight is 368 g/mol. The van der Waals surface area contributed by atoms with Crippen molar-refractivity contribution >= 4 is 11.9 Å². The lowest BCUT2D eigenvalue weighted by atomic mass is 9.98. The molecule has 2 aromatic rings. The van der Waals surface area contributed by atoms with Gasteiger partial charge in [-0.25, -0.2) is 9.97 Å². The van der Waals surface area contributed by atoms with Crippen LogP contribution in [0.2, 0.25) is 0 Å². The molecular formula is C20H28N6O. The van der Waals surface area contributed by atoms with Crippen LogP contribution in [-0.2, 0) is 4.79 Å². The molecule has 2 aromatic heterocycles. The molecule has 3 rings (SSSR count). The molecule has 0 aliphatic carbocycles. The highest BCUT2D eigenvalue weighted by Gasteiger charge is 2.22. The molecule has 144 valence electrons. The van der Waals surface area contributed by atoms with Crippen molar-refractivity contribution in [3.8, 4) is 0 Å². The molecule has 1 N–H and O–H groups in total. The van der Waals surface area contributed by atoms with Gasteiger partial charge in [-0.2, -0.15) is 0 Å². The summed E-state index contributed by atoms with van der Waals surface area (Å²) in [4.78, 5) is 29.8. The summed E-state index contributed by atoms with van der Waals surface area (Å²) in [5.41, 5.74) is 1.06. The van der Waals surface area contributed by atoms with E-state index in [0.717, 1.165) is 44.1 Å². The summed E-state index contributed by atoms with van der Waals surface area (Å²) in [7, 11) is 0. The Morgan fingerprint density at radius 3 is 2.48 bits per heavy atom. The van der Waals surface area contributed by atoms with E-state index in [2.05, 4.69) is 43.9 Å². The first-order valence-electron chi connectivity index (χ1n) is 9.55. The van der Waals surface area contributed by atoms with Crippen LogP contribution in [0.25, 0.3) is 0 Å². The van der Waals surface area contributed by atoms with Crippen LogP contribution in [0.4, 0.5) is 5.95 Å². The molecule has 3 heterocycles. The fraction of sp³-hybridized carbons (Fsp3) is 0.500. The zero-order chi connectivity index (χ0) is 19.1. The van der Waals surface area contributed by atoms with E-state index < -0.39 is 0 Å². The zero-order valence-electron chi connectivity index (χ0n) is 16.1. The molecule has 1 amide bonds. The minimum Gasteiger partial charge on any atom is -0.348 e. The predicted octanol–water partition coefficient (Wildman–Crippen LogP) is 1.90. The third-order valence-corrected chi connectivity index (χ3v) is 4.70. The monoisotopic (exact) mass is 368 g/mol. The molecule has 0 bridgehead atoms. The lowest BCUT2D eigenvalue weighted by Crippen LogP contribution is -2.50. The number of amides is 1. The van der Waals surface area contributed by atoms with Crippen LogP contribution in [-0.4, -0.2) is 58.5 Å². The van der Waals surface area contributed by atoms with Crippen LogP contribution in [0.15, 0.2) is 43.0 Å². The lowest BCUT2D eigenvalue weighted by Gasteiger charge is -2.34. The van der Waals surface area contributed by atoms with Crippen molar-refractivity contribution in [3.05, 3.63) is 48.5 Å². The number of carbonyl (C=O) groups is 1. The molecule has 27 heavy (non-hydrogen) atoms. The molecule has 0 spiro atoms. The Labute approximate surface area is 160 Å². The minimum atomic E-state index is 0.00482. The Bertz CT molecular complexity index is 701. The van der Waals surface area contributed by atoms with Gasteiger partial charge >= 0.3 is 0 Å². The predicted molar refractivity (Wildman–Crippen MR) is 105 cm³/mol. The second kappa shape index (κ2) is 9.41. The van der Waals surface area contributed by atoms with Crippen molar-refractivity contribution < 1.29 is 4.79 Å². The molecule has 1 aliphatic rings. The Hall–Kier alpha value is -2.54. The Morgan fingerprint density at radius 2 is 1.85 bits per heavy atom. The van der Waals surface area contributed by atoms with Gasteiger partial charge in [-0.05, 0) is 30.0 Å². The Balaban J connectivity index is 1.51. The van der Waals surface area contributed by atoms with Gasteiger partial charge in [0.1, 0.15) is 0 Å². The number of nitrogens with zero attached hydrogens (tertiary/aromatic N) is 5. The molecule has 1 saturated heterocycles. The van der Waals surface area contributed by atoms with Gasteiger partial charge in [-0.15, -0.1) is 0 Å². The van der Waals surface area contributed by atoms with E-state index in [1.807, 2.05) is 24.4 Å². The van der Waals surface area contributed by atoms with Crippen LogP contribution in [0.5, 0.6) is 0 Å². The van der Waals surface area contributed by atoms with Crippen LogP contribution < -0.4 is 10.2 Å². The van der Waals surface area contributed by atoms with Gasteiger partial charge < -0.3 is 10.2 Å². The number of aromatic nitrogens is 3. The van der Waals surface area contributed by atoms with Gasteiger partial charge in [0.2, 0.25) is 11.9 Å². The van der Waals surface area contributed by atoms with E-state index in [9.17, 15) is 4.79 Å². The van der Waals surface area contributed by atoms with E-state index >= 15 is 0 Å². The maximum absolute atomic E-state index is 12.6. The molecule has 1 fully saturated rings. The van der Waals surface area contributed by atoms with E-state index in [1.54, 1.807) is 18.6 Å². The summed E-state index contributed by atoms with van der Waals surface area (Å²) in [6.07, 6.45) is 8.01. The van der Waals surface area contributed by atoms with Crippen molar-refractivity contribution in [3.63, 3.8) is 0 Å². The first kappa shape index (κ1) is 19.2. The number of piperazine rings is 1. The van der Waals surface area contributed by atoms with E-state index in [4.69, 9.17) is 0 Å². The van der Waals surface area contributed by atoms with Crippen LogP contribution >= 0.6 is 0 Å². The standard InChI is InChI=1S/C20H28N6O/c1-16(2)13-18(17-5-3-6-21-14-17)24-19(27)15-25-9-11-26(12-10-25)20-22-7-4-8-23-20/h3-8,14,16,18H,9-13,15H2,1-2H3,(H,24,27)/t18-/m1/s1. The molecule has 0 aromatic carbocycles. The fourth-order valence-electron chi connectivity index (χ4n) is 3.34. The second-order valence-corrected chi connectivity index (χ2v) is 7.35. The highest BCUT2D eigenvalue weighted by molar-refractivity contribution is 5.78. The number of pyridine rings is 1. The summed E-state index contributed by atoms with van der Waals surface area (Å²) in [6, 6.07) is 5.77. The molecule has 7 nitrogen and oxygen atoms in total. The minimum absolute atomic E-state index is 0.00482. The van der Waals surface area contributed by atoms with Crippen molar-refractivity contribution in [2.24, 2.45) is 5.92 Å². The van der Waals surface area contributed by atoms with Crippen molar-refractivity contribution in [2.45, 2.75) is 26.3 Å². The molecular weight excluding hydrogens is 340 g/mol. The van der Waals surface area contributed by atoms with Crippen LogP contribution in [0.1, 0.15) is 31.9 Å². The third-order valence-electron chi connectivity index (χ3n) is 4.70. The van der Waals surface area contributed by atoms with Gasteiger partial charge in [-0.3, -0.25) is 14.7 Å². The number of nitrogens with one attached hydrogen (secondary N) is 1. The van der Waals surface area contributed by atoms with Gasteiger partial charge in [0.25, 0.3) is 0 Å². The zero-order valence-corrected chi connectivity index (χ0v) is 16.1. The number of carbonyl (C=O) groups excluding carboxylic acids is 1. The molecule has 0 radical (unpaired) electrons. The molecule has 0 unspecified atom stereocenters. The number of hydrogen-bond donors (Lipinski definition) is 1. The Morgan fingerprint density at radius 1 is 1.11 bits per heavy atom. The van der Waals surface area contributed by atoms with Crippen LogP contribution in [0, 0.1) is 5.92 Å². The molecule has 1 aliphatic heterocycles. The average Bonchev–Trinajstić information content (AvgIpc) is 2.69. The quantitative estimate of drug-likeness (QED) is 0.805. The fourth-order valence-corrected chi connectivity index (χ4v) is 3.34. The number of hydrogen-bond acceptors (Lipinski definition) is 6. The molecule has 7 heteroatoms. The van der Waals surface area contributed by atoms with Gasteiger partial charge in [-0.1, -0.05) is 19.9 Å². The summed E-state index contributed by atoms with van der Waals surface area (Å²) in [5, 5.41) is 3.20. The highest BCUT2D eigenvalue weighted by atomic mass is 16.2. The van der Waals surface area contributed by atoms with Gasteiger partial charge in [0.15, 0.2) is 0 Å². The summed E-state index contributed by atoms with van der Waals surface area (Å²) in [6.45, 7) is 8.06. The first-order chi connectivity index (χ1) is 13.1. The third kappa shape index (κ3) is 5.72. The van der Waals surface area contributed by atoms with Crippen molar-refractivity contribution in [1.82, 2.24) is 25.2 Å². The largest absolute Gasteiger partial charge is 0.348 e. The normalized spacial score (nSPS) is 16.3. The van der Waals surface area contributed by atoms with Gasteiger partial charge in [0, 0.05) is 51.0 Å². The first-order valence-corrected chi connectivity index (χ1v) is 9.55. The van der Waals surface area contributed by atoms with Crippen LogP contribution in [0.3, 0.4) is 0 Å². The highest BCUT2D eigenvalue weighted by Crippen LogP contribution is 2.20. The SMILES string of the molecule is CC(C)C[C@@H](NC(=O)CN1CCN(c2ncccn2)CC1)c1cccnc1. The van der Waals surface area contributed by atoms with E-state index in [1.165, 1.54) is 0 Å². The summed E-state index contributed by atoms with van der Waals surface area (Å²) < 4.78 is 0. The summed E-state index contributed by atoms with van der Waals surface area (Å²) in [5.74, 6) is 1.31. The topological polar surface area (TPSA) is 74.2 Å². The maximum Gasteiger partial charge on any atom is 0.234 e. The molecule has 1 atom stereocenters. The van der Waals surface area contributed by atoms with Crippen molar-refractivity contribution in [1.29, 1.82) is 0 Å². The molecule has 0 saturated carbocycles. The maximum atomic E-state index is 12.6. The second-order valence-electron chi connectivity index (χ2n) is 7.35. The number of anilines is 1. The van der Waals surface area contributed by atoms with E-state index in [0.29, 0.717) is 12.5 Å². The Kier molecular flexibility index (Phi) is 6.70.